The third-order valence-corrected chi connectivity index (χ3v) is 4.26. The summed E-state index contributed by atoms with van der Waals surface area (Å²) in [6, 6.07) is 5.45. The number of hydrogen-bond acceptors (Lipinski definition) is 4. The molecule has 23 heavy (non-hydrogen) atoms. The predicted molar refractivity (Wildman–Crippen MR) is 89.9 cm³/mol. The molecule has 5 heteroatoms. The molecule has 3 rings (SSSR count). The Kier molecular flexibility index (Phi) is 4.67. The first-order valence-corrected chi connectivity index (χ1v) is 7.90. The van der Waals surface area contributed by atoms with Crippen LogP contribution in [0.5, 0.6) is 5.75 Å². The minimum Gasteiger partial charge on any atom is -0.496 e. The molecule has 0 spiro atoms. The van der Waals surface area contributed by atoms with Gasteiger partial charge in [-0.1, -0.05) is 6.08 Å². The molecule has 1 aromatic heterocycles. The lowest BCUT2D eigenvalue weighted by atomic mass is 10.1. The minimum atomic E-state index is 0.0297. The molecule has 1 aliphatic heterocycles. The van der Waals surface area contributed by atoms with Crippen molar-refractivity contribution in [3.8, 4) is 5.75 Å². The number of carbonyl (C=O) groups excluding carboxylic acids is 1. The molecule has 0 aliphatic carbocycles. The molecule has 122 valence electrons. The highest BCUT2D eigenvalue weighted by Crippen LogP contribution is 2.29. The lowest BCUT2D eigenvalue weighted by molar-refractivity contribution is 0.0762. The summed E-state index contributed by atoms with van der Waals surface area (Å²) in [5.74, 6) is 0.699. The second-order valence-electron chi connectivity index (χ2n) is 5.75. The van der Waals surface area contributed by atoms with Crippen LogP contribution in [-0.2, 0) is 0 Å². The molecule has 1 aliphatic rings. The van der Waals surface area contributed by atoms with Crippen LogP contribution in [0.4, 0.5) is 0 Å². The monoisotopic (exact) mass is 314 g/mol. The van der Waals surface area contributed by atoms with Gasteiger partial charge in [-0.15, -0.1) is 6.58 Å². The lowest BCUT2D eigenvalue weighted by Crippen LogP contribution is -2.35. The molecule has 1 aromatic carbocycles. The third-order valence-electron chi connectivity index (χ3n) is 4.26. The van der Waals surface area contributed by atoms with Crippen molar-refractivity contribution in [2.45, 2.75) is 6.42 Å². The van der Waals surface area contributed by atoms with Crippen LogP contribution in [0.3, 0.4) is 0 Å². The molecule has 0 N–H and O–H groups in total. The molecule has 0 radical (unpaired) electrons. The summed E-state index contributed by atoms with van der Waals surface area (Å²) >= 11 is 0. The van der Waals surface area contributed by atoms with Gasteiger partial charge >= 0.3 is 0 Å². The van der Waals surface area contributed by atoms with E-state index in [4.69, 9.17) is 9.15 Å². The fraction of sp³-hybridized carbons (Fsp3) is 0.389. The van der Waals surface area contributed by atoms with Gasteiger partial charge in [-0.25, -0.2) is 0 Å². The van der Waals surface area contributed by atoms with Crippen LogP contribution in [-0.4, -0.2) is 55.5 Å². The molecule has 1 fully saturated rings. The average molecular weight is 314 g/mol. The van der Waals surface area contributed by atoms with Crippen LogP contribution >= 0.6 is 0 Å². The predicted octanol–water partition coefficient (Wildman–Crippen LogP) is 2.78. The van der Waals surface area contributed by atoms with E-state index >= 15 is 0 Å². The van der Waals surface area contributed by atoms with Crippen molar-refractivity contribution in [3.63, 3.8) is 0 Å². The third kappa shape index (κ3) is 3.24. The number of rotatable bonds is 4. The van der Waals surface area contributed by atoms with Gasteiger partial charge in [0.05, 0.1) is 18.8 Å². The van der Waals surface area contributed by atoms with Gasteiger partial charge in [0.1, 0.15) is 11.3 Å². The topological polar surface area (TPSA) is 45.9 Å². The van der Waals surface area contributed by atoms with Gasteiger partial charge < -0.3 is 14.1 Å². The quantitative estimate of drug-likeness (QED) is 0.814. The highest BCUT2D eigenvalue weighted by atomic mass is 16.5. The Morgan fingerprint density at radius 1 is 1.35 bits per heavy atom. The minimum absolute atomic E-state index is 0.0297. The number of nitrogens with zero attached hydrogens (tertiary/aromatic N) is 2. The first kappa shape index (κ1) is 15.6. The van der Waals surface area contributed by atoms with E-state index in [0.717, 1.165) is 44.5 Å². The molecular formula is C18H22N2O3. The van der Waals surface area contributed by atoms with Crippen LogP contribution in [0.15, 0.2) is 41.5 Å². The Hall–Kier alpha value is -2.27. The number of hydrogen-bond donors (Lipinski definition) is 0. The molecule has 2 aromatic rings. The van der Waals surface area contributed by atoms with E-state index in [-0.39, 0.29) is 5.91 Å². The van der Waals surface area contributed by atoms with Crippen molar-refractivity contribution in [2.24, 2.45) is 0 Å². The highest BCUT2D eigenvalue weighted by molar-refractivity contribution is 5.99. The van der Waals surface area contributed by atoms with Crippen LogP contribution in [0.25, 0.3) is 11.0 Å². The van der Waals surface area contributed by atoms with Crippen LogP contribution in [0, 0.1) is 0 Å². The molecule has 0 atom stereocenters. The summed E-state index contributed by atoms with van der Waals surface area (Å²) in [7, 11) is 1.61. The second kappa shape index (κ2) is 6.87. The van der Waals surface area contributed by atoms with Crippen LogP contribution in [0.1, 0.15) is 16.8 Å². The fourth-order valence-corrected chi connectivity index (χ4v) is 3.05. The number of furan rings is 1. The fourth-order valence-electron chi connectivity index (χ4n) is 3.05. The Bertz CT molecular complexity index is 707. The summed E-state index contributed by atoms with van der Waals surface area (Å²) in [6.07, 6.45) is 4.49. The molecule has 0 bridgehead atoms. The van der Waals surface area contributed by atoms with Crippen molar-refractivity contribution in [1.29, 1.82) is 0 Å². The van der Waals surface area contributed by atoms with Gasteiger partial charge in [-0.05, 0) is 24.6 Å². The van der Waals surface area contributed by atoms with E-state index in [0.29, 0.717) is 16.9 Å². The molecular weight excluding hydrogens is 292 g/mol. The molecule has 5 nitrogen and oxygen atoms in total. The zero-order valence-electron chi connectivity index (χ0n) is 13.5. The molecule has 0 saturated carbocycles. The Morgan fingerprint density at radius 3 is 3.00 bits per heavy atom. The SMILES string of the molecule is C=CCN1CCCN(C(=O)c2cc(OC)c3ccoc3c2)CC1. The Labute approximate surface area is 136 Å². The maximum Gasteiger partial charge on any atom is 0.254 e. The van der Waals surface area contributed by atoms with Gasteiger partial charge in [0, 0.05) is 38.3 Å². The van der Waals surface area contributed by atoms with E-state index in [1.54, 1.807) is 25.5 Å². The average Bonchev–Trinajstić information content (AvgIpc) is 2.92. The van der Waals surface area contributed by atoms with Crippen molar-refractivity contribution >= 4 is 16.9 Å². The van der Waals surface area contributed by atoms with Gasteiger partial charge in [-0.2, -0.15) is 0 Å². The van der Waals surface area contributed by atoms with Gasteiger partial charge in [0.15, 0.2) is 0 Å². The lowest BCUT2D eigenvalue weighted by Gasteiger charge is -2.21. The molecule has 1 amide bonds. The van der Waals surface area contributed by atoms with E-state index in [2.05, 4.69) is 11.5 Å². The van der Waals surface area contributed by atoms with Crippen molar-refractivity contribution in [2.75, 3.05) is 39.8 Å². The van der Waals surface area contributed by atoms with Crippen LogP contribution in [0.2, 0.25) is 0 Å². The number of ether oxygens (including phenoxy) is 1. The molecule has 0 unspecified atom stereocenters. The maximum atomic E-state index is 12.8. The summed E-state index contributed by atoms with van der Waals surface area (Å²) in [6.45, 7) is 8.02. The highest BCUT2D eigenvalue weighted by Gasteiger charge is 2.21. The molecule has 2 heterocycles. The Morgan fingerprint density at radius 2 is 2.22 bits per heavy atom. The number of methoxy groups -OCH3 is 1. The first-order valence-electron chi connectivity index (χ1n) is 7.90. The number of benzene rings is 1. The van der Waals surface area contributed by atoms with E-state index in [1.807, 2.05) is 17.0 Å². The Balaban J connectivity index is 1.81. The number of carbonyl (C=O) groups is 1. The van der Waals surface area contributed by atoms with E-state index in [9.17, 15) is 4.79 Å². The maximum absolute atomic E-state index is 12.8. The standard InChI is InChI=1S/C18H22N2O3/c1-3-6-19-7-4-8-20(10-9-19)18(21)14-12-16(22-2)15-5-11-23-17(15)13-14/h3,5,11-13H,1,4,6-10H2,2H3. The van der Waals surface area contributed by atoms with Gasteiger partial charge in [0.2, 0.25) is 0 Å². The van der Waals surface area contributed by atoms with E-state index in [1.165, 1.54) is 0 Å². The normalized spacial score (nSPS) is 16.3. The van der Waals surface area contributed by atoms with Gasteiger partial charge in [-0.3, -0.25) is 9.69 Å². The van der Waals surface area contributed by atoms with Crippen molar-refractivity contribution in [3.05, 3.63) is 42.7 Å². The van der Waals surface area contributed by atoms with Crippen LogP contribution < -0.4 is 4.74 Å². The van der Waals surface area contributed by atoms with E-state index < -0.39 is 0 Å². The van der Waals surface area contributed by atoms with Crippen molar-refractivity contribution < 1.29 is 13.9 Å². The zero-order chi connectivity index (χ0) is 16.2. The second-order valence-corrected chi connectivity index (χ2v) is 5.75. The first-order chi connectivity index (χ1) is 11.2. The summed E-state index contributed by atoms with van der Waals surface area (Å²) in [5, 5.41) is 0.886. The van der Waals surface area contributed by atoms with Gasteiger partial charge in [0.25, 0.3) is 5.91 Å². The summed E-state index contributed by atoms with van der Waals surface area (Å²) in [5.41, 5.74) is 1.29. The number of fused-ring (bicyclic) bond motifs is 1. The largest absolute Gasteiger partial charge is 0.496 e. The molecule has 1 saturated heterocycles. The zero-order valence-corrected chi connectivity index (χ0v) is 13.5. The summed E-state index contributed by atoms with van der Waals surface area (Å²) in [4.78, 5) is 17.1. The summed E-state index contributed by atoms with van der Waals surface area (Å²) < 4.78 is 10.8. The van der Waals surface area contributed by atoms with Crippen molar-refractivity contribution in [1.82, 2.24) is 9.80 Å². The number of amides is 1. The smallest absolute Gasteiger partial charge is 0.254 e.